The van der Waals surface area contributed by atoms with Crippen LogP contribution in [0.2, 0.25) is 0 Å². The van der Waals surface area contributed by atoms with E-state index in [-0.39, 0.29) is 54.3 Å². The van der Waals surface area contributed by atoms with Gasteiger partial charge in [0.1, 0.15) is 17.2 Å². The third-order valence-corrected chi connectivity index (χ3v) is 11.5. The predicted octanol–water partition coefficient (Wildman–Crippen LogP) is 6.43. The van der Waals surface area contributed by atoms with Gasteiger partial charge in [0.15, 0.2) is 11.6 Å². The van der Waals surface area contributed by atoms with Crippen molar-refractivity contribution >= 4 is 29.0 Å². The van der Waals surface area contributed by atoms with Gasteiger partial charge in [-0.25, -0.2) is 0 Å². The largest absolute Gasteiger partial charge is 0.507 e. The molecule has 1 saturated heterocycles. The van der Waals surface area contributed by atoms with Crippen LogP contribution in [0.1, 0.15) is 41.0 Å². The lowest BCUT2D eigenvalue weighted by atomic mass is 9.44. The molecule has 1 aliphatic heterocycles. The number of imide groups is 1. The minimum Gasteiger partial charge on any atom is -0.507 e. The Morgan fingerprint density at radius 3 is 2.14 bits per heavy atom. The third kappa shape index (κ3) is 4.88. The number of fused-ring (bicyclic) bond motifs is 4. The number of phenolic OH excluding ortho intramolecular Hbond substituents is 1. The molecule has 0 bridgehead atoms. The van der Waals surface area contributed by atoms with Gasteiger partial charge in [-0.3, -0.25) is 24.1 Å². The SMILES string of the molecule is COc1cc(O)c([C@H]2C3=CC[C@@H]4C(=O)N(Cc5ccccc5)C(=O)[C@@H]4[C@@H]3C[C@H]3C(=O)C(c4ccccc4)=CC(=O)[C@@]23c2ccccc2)c(OC)c1. The Kier molecular flexibility index (Phi) is 7.97. The summed E-state index contributed by atoms with van der Waals surface area (Å²) in [5.41, 5.74) is 1.98. The van der Waals surface area contributed by atoms with Crippen molar-refractivity contribution in [1.82, 2.24) is 4.90 Å². The van der Waals surface area contributed by atoms with Crippen molar-refractivity contribution in [1.29, 1.82) is 0 Å². The molecule has 1 N–H and O–H groups in total. The van der Waals surface area contributed by atoms with Crippen molar-refractivity contribution in [2.24, 2.45) is 23.7 Å². The Labute approximate surface area is 296 Å². The zero-order chi connectivity index (χ0) is 35.4. The van der Waals surface area contributed by atoms with Crippen LogP contribution in [0.15, 0.2) is 121 Å². The number of hydrogen-bond acceptors (Lipinski definition) is 7. The van der Waals surface area contributed by atoms with Crippen molar-refractivity contribution < 1.29 is 33.8 Å². The van der Waals surface area contributed by atoms with Gasteiger partial charge in [-0.15, -0.1) is 0 Å². The van der Waals surface area contributed by atoms with Crippen LogP contribution >= 0.6 is 0 Å². The number of carbonyl (C=O) groups is 4. The first kappa shape index (κ1) is 32.4. The van der Waals surface area contributed by atoms with E-state index in [1.54, 1.807) is 6.07 Å². The number of likely N-dealkylation sites (tertiary alicyclic amines) is 1. The second kappa shape index (κ2) is 12.5. The molecule has 4 aliphatic rings. The molecule has 0 spiro atoms. The van der Waals surface area contributed by atoms with Gasteiger partial charge in [0.2, 0.25) is 11.8 Å². The molecule has 4 aromatic carbocycles. The van der Waals surface area contributed by atoms with Crippen LogP contribution in [0.25, 0.3) is 5.57 Å². The van der Waals surface area contributed by atoms with Crippen molar-refractivity contribution in [3.8, 4) is 17.2 Å². The summed E-state index contributed by atoms with van der Waals surface area (Å²) in [5, 5.41) is 11.9. The quantitative estimate of drug-likeness (QED) is 0.177. The molecule has 3 aliphatic carbocycles. The average molecular weight is 680 g/mol. The number of allylic oxidation sites excluding steroid dienone is 4. The van der Waals surface area contributed by atoms with Crippen molar-refractivity contribution in [2.45, 2.75) is 30.7 Å². The topological polar surface area (TPSA) is 110 Å². The average Bonchev–Trinajstić information content (AvgIpc) is 3.41. The number of methoxy groups -OCH3 is 2. The van der Waals surface area contributed by atoms with Gasteiger partial charge in [0.25, 0.3) is 0 Å². The highest BCUT2D eigenvalue weighted by Crippen LogP contribution is 2.65. The van der Waals surface area contributed by atoms with Crippen LogP contribution in [0, 0.1) is 23.7 Å². The minimum atomic E-state index is -1.50. The second-order valence-electron chi connectivity index (χ2n) is 13.8. The summed E-state index contributed by atoms with van der Waals surface area (Å²) in [4.78, 5) is 60.2. The number of aromatic hydroxyl groups is 1. The summed E-state index contributed by atoms with van der Waals surface area (Å²) < 4.78 is 11.4. The van der Waals surface area contributed by atoms with E-state index in [4.69, 9.17) is 9.47 Å². The molecule has 8 rings (SSSR count). The standard InChI is InChI=1S/C43H37NO7/c1-50-28-20-34(45)38(35(21-28)51-2)39-29-18-19-30-37(42(49)44(41(30)48)24-25-12-6-3-7-13-25)32(29)22-33-40(47)31(26-14-8-4-9-15-26)23-36(46)43(33,39)27-16-10-5-11-17-27/h3-18,20-21,23,30,32-33,37,39,45H,19,22,24H2,1-2H3/t30-,32+,33-,37-,39+,43-/m0/s1. The number of nitrogens with zero attached hydrogens (tertiary/aromatic N) is 1. The molecule has 4 aromatic rings. The number of amides is 2. The van der Waals surface area contributed by atoms with Crippen molar-refractivity contribution in [3.05, 3.63) is 143 Å². The first-order chi connectivity index (χ1) is 24.8. The highest BCUT2D eigenvalue weighted by molar-refractivity contribution is 6.31. The highest BCUT2D eigenvalue weighted by atomic mass is 16.5. The fourth-order valence-electron chi connectivity index (χ4n) is 9.34. The number of Topliss-reactive ketones (excluding diaryl/α,β-unsaturated/α-hetero) is 1. The van der Waals surface area contributed by atoms with Gasteiger partial charge in [-0.05, 0) is 41.5 Å². The number of benzene rings is 4. The van der Waals surface area contributed by atoms with Gasteiger partial charge in [0.05, 0.1) is 38.0 Å². The van der Waals surface area contributed by atoms with Crippen LogP contribution in [-0.4, -0.2) is 47.6 Å². The zero-order valence-electron chi connectivity index (χ0n) is 28.3. The summed E-state index contributed by atoms with van der Waals surface area (Å²) in [5.74, 6) is -4.30. The molecule has 0 aromatic heterocycles. The number of ketones is 2. The fourth-order valence-corrected chi connectivity index (χ4v) is 9.34. The Hall–Kier alpha value is -5.76. The van der Waals surface area contributed by atoms with Crippen LogP contribution in [0.5, 0.6) is 17.2 Å². The Balaban J connectivity index is 1.37. The van der Waals surface area contributed by atoms with E-state index in [1.165, 1.54) is 31.3 Å². The molecule has 1 heterocycles. The van der Waals surface area contributed by atoms with Gasteiger partial charge in [-0.1, -0.05) is 103 Å². The first-order valence-electron chi connectivity index (χ1n) is 17.2. The second-order valence-corrected chi connectivity index (χ2v) is 13.8. The molecule has 2 fully saturated rings. The zero-order valence-corrected chi connectivity index (χ0v) is 28.3. The van der Waals surface area contributed by atoms with Crippen LogP contribution in [0.4, 0.5) is 0 Å². The van der Waals surface area contributed by atoms with E-state index < -0.39 is 35.0 Å². The van der Waals surface area contributed by atoms with E-state index in [0.29, 0.717) is 28.0 Å². The Morgan fingerprint density at radius 2 is 1.47 bits per heavy atom. The molecule has 51 heavy (non-hydrogen) atoms. The number of carbonyl (C=O) groups excluding carboxylic acids is 4. The van der Waals surface area contributed by atoms with Crippen molar-refractivity contribution in [3.63, 3.8) is 0 Å². The summed E-state index contributed by atoms with van der Waals surface area (Å²) >= 11 is 0. The molecule has 8 heteroatoms. The summed E-state index contributed by atoms with van der Waals surface area (Å²) in [7, 11) is 2.97. The Morgan fingerprint density at radius 1 is 0.804 bits per heavy atom. The number of hydrogen-bond donors (Lipinski definition) is 1. The summed E-state index contributed by atoms with van der Waals surface area (Å²) in [6.45, 7) is 0.153. The predicted molar refractivity (Wildman–Crippen MR) is 190 cm³/mol. The lowest BCUT2D eigenvalue weighted by Crippen LogP contribution is -2.58. The molecule has 8 nitrogen and oxygen atoms in total. The maximum atomic E-state index is 15.2. The van der Waals surface area contributed by atoms with Gasteiger partial charge >= 0.3 is 0 Å². The minimum absolute atomic E-state index is 0.153. The maximum Gasteiger partial charge on any atom is 0.234 e. The number of ether oxygens (including phenoxy) is 2. The monoisotopic (exact) mass is 679 g/mol. The maximum absolute atomic E-state index is 15.2. The lowest BCUT2D eigenvalue weighted by Gasteiger charge is -2.55. The van der Waals surface area contributed by atoms with Gasteiger partial charge < -0.3 is 14.6 Å². The van der Waals surface area contributed by atoms with Crippen LogP contribution < -0.4 is 9.47 Å². The fraction of sp³-hybridized carbons (Fsp3) is 0.256. The molecule has 0 radical (unpaired) electrons. The molecule has 0 unspecified atom stereocenters. The van der Waals surface area contributed by atoms with E-state index in [9.17, 15) is 14.7 Å². The van der Waals surface area contributed by atoms with E-state index in [2.05, 4.69) is 0 Å². The number of rotatable bonds is 7. The number of phenols is 1. The summed E-state index contributed by atoms with van der Waals surface area (Å²) in [6, 6.07) is 30.9. The van der Waals surface area contributed by atoms with Gasteiger partial charge in [-0.2, -0.15) is 0 Å². The lowest BCUT2D eigenvalue weighted by molar-refractivity contribution is -0.141. The molecule has 2 amide bonds. The smallest absolute Gasteiger partial charge is 0.234 e. The highest BCUT2D eigenvalue weighted by Gasteiger charge is 2.66. The third-order valence-electron chi connectivity index (χ3n) is 11.5. The molecule has 256 valence electrons. The molecular formula is C43H37NO7. The van der Waals surface area contributed by atoms with E-state index in [0.717, 1.165) is 11.1 Å². The van der Waals surface area contributed by atoms with Gasteiger partial charge in [0, 0.05) is 35.1 Å². The van der Waals surface area contributed by atoms with Crippen molar-refractivity contribution in [2.75, 3.05) is 14.2 Å². The summed E-state index contributed by atoms with van der Waals surface area (Å²) in [6.07, 6.45) is 3.89. The van der Waals surface area contributed by atoms with E-state index >= 15 is 9.59 Å². The Bertz CT molecular complexity index is 2120. The van der Waals surface area contributed by atoms with Crippen LogP contribution in [0.3, 0.4) is 0 Å². The molecular weight excluding hydrogens is 642 g/mol. The first-order valence-corrected chi connectivity index (χ1v) is 17.2. The normalized spacial score (nSPS) is 26.9. The van der Waals surface area contributed by atoms with Crippen LogP contribution in [-0.2, 0) is 31.1 Å². The molecule has 1 saturated carbocycles. The van der Waals surface area contributed by atoms with E-state index in [1.807, 2.05) is 97.1 Å². The molecule has 6 atom stereocenters.